The average Bonchev–Trinajstić information content (AvgIpc) is 2.65. The number of nitrogens with one attached hydrogen (secondary N) is 1. The Morgan fingerprint density at radius 2 is 1.86 bits per heavy atom. The Bertz CT molecular complexity index is 949. The van der Waals surface area contributed by atoms with Crippen LogP contribution in [0.2, 0.25) is 5.02 Å². The number of nitrogens with zero attached hydrogens (tertiary/aromatic N) is 1. The lowest BCUT2D eigenvalue weighted by Crippen LogP contribution is -2.37. The number of amides is 2. The van der Waals surface area contributed by atoms with E-state index in [1.807, 2.05) is 13.8 Å². The molecule has 2 amide bonds. The summed E-state index contributed by atoms with van der Waals surface area (Å²) in [5.74, 6) is -0.243. The molecule has 0 radical (unpaired) electrons. The van der Waals surface area contributed by atoms with Gasteiger partial charge in [0.05, 0.1) is 10.8 Å². The van der Waals surface area contributed by atoms with Crippen molar-refractivity contribution in [2.75, 3.05) is 17.6 Å². The van der Waals surface area contributed by atoms with Crippen LogP contribution >= 0.6 is 11.6 Å². The summed E-state index contributed by atoms with van der Waals surface area (Å²) < 4.78 is 41.4. The molecule has 6 nitrogen and oxygen atoms in total. The second kappa shape index (κ2) is 9.93. The maximum absolute atomic E-state index is 13.3. The van der Waals surface area contributed by atoms with E-state index in [0.29, 0.717) is 18.8 Å². The van der Waals surface area contributed by atoms with Gasteiger partial charge in [-0.1, -0.05) is 37.6 Å². The monoisotopic (exact) mass is 442 g/mol. The topological polar surface area (TPSA) is 75.7 Å². The third kappa shape index (κ3) is 7.21. The molecule has 2 aromatic rings. The van der Waals surface area contributed by atoms with Crippen LogP contribution in [0.5, 0.6) is 5.75 Å². The van der Waals surface area contributed by atoms with Gasteiger partial charge in [-0.05, 0) is 48.7 Å². The number of anilines is 1. The molecule has 0 fully saturated rings. The second-order valence-corrected chi connectivity index (χ2v) is 9.17. The van der Waals surface area contributed by atoms with Crippen LogP contribution in [0.3, 0.4) is 0 Å². The standard InChI is InChI=1S/C20H24ClFN2O4S/c1-4-29(26,27)28-17-8-5-15(6-9-17)13-24(12-14(2)3)20(25)23-16-7-10-19(22)18(21)11-16/h5-11,14H,4,12-13H2,1-3H3,(H,23,25). The Kier molecular flexibility index (Phi) is 7.87. The van der Waals surface area contributed by atoms with Crippen LogP contribution in [-0.2, 0) is 16.7 Å². The molecule has 2 rings (SSSR count). The van der Waals surface area contributed by atoms with Crippen molar-refractivity contribution in [3.8, 4) is 5.75 Å². The first-order chi connectivity index (χ1) is 13.6. The quantitative estimate of drug-likeness (QED) is 0.590. The van der Waals surface area contributed by atoms with Gasteiger partial charge in [0.25, 0.3) is 0 Å². The van der Waals surface area contributed by atoms with Gasteiger partial charge in [-0.3, -0.25) is 0 Å². The zero-order valence-corrected chi connectivity index (χ0v) is 18.1. The molecule has 9 heteroatoms. The highest BCUT2D eigenvalue weighted by Gasteiger charge is 2.17. The fourth-order valence-corrected chi connectivity index (χ4v) is 3.22. The molecule has 0 aliphatic heterocycles. The number of rotatable bonds is 8. The van der Waals surface area contributed by atoms with Gasteiger partial charge in [-0.2, -0.15) is 8.42 Å². The van der Waals surface area contributed by atoms with Crippen LogP contribution in [0.4, 0.5) is 14.9 Å². The van der Waals surface area contributed by atoms with Gasteiger partial charge in [-0.25, -0.2) is 9.18 Å². The van der Waals surface area contributed by atoms with Crippen LogP contribution in [0.15, 0.2) is 42.5 Å². The molecule has 0 saturated carbocycles. The number of carbonyl (C=O) groups is 1. The lowest BCUT2D eigenvalue weighted by atomic mass is 10.1. The first kappa shape index (κ1) is 23.0. The first-order valence-electron chi connectivity index (χ1n) is 9.11. The molecule has 1 N–H and O–H groups in total. The summed E-state index contributed by atoms with van der Waals surface area (Å²) >= 11 is 5.77. The molecule has 0 heterocycles. The summed E-state index contributed by atoms with van der Waals surface area (Å²) in [5, 5.41) is 2.64. The third-order valence-corrected chi connectivity index (χ3v) is 5.36. The van der Waals surface area contributed by atoms with E-state index in [0.717, 1.165) is 5.56 Å². The molecule has 0 aromatic heterocycles. The maximum Gasteiger partial charge on any atom is 0.322 e. The molecule has 0 aliphatic carbocycles. The molecule has 0 saturated heterocycles. The lowest BCUT2D eigenvalue weighted by Gasteiger charge is -2.25. The van der Waals surface area contributed by atoms with E-state index in [-0.39, 0.29) is 28.5 Å². The van der Waals surface area contributed by atoms with Crippen molar-refractivity contribution in [1.82, 2.24) is 4.90 Å². The fraction of sp³-hybridized carbons (Fsp3) is 0.350. The Labute approximate surface area is 175 Å². The van der Waals surface area contributed by atoms with E-state index in [1.54, 1.807) is 29.2 Å². The molecule has 0 bridgehead atoms. The van der Waals surface area contributed by atoms with Crippen molar-refractivity contribution in [3.63, 3.8) is 0 Å². The molecule has 2 aromatic carbocycles. The van der Waals surface area contributed by atoms with E-state index < -0.39 is 15.9 Å². The van der Waals surface area contributed by atoms with Crippen LogP contribution in [0.1, 0.15) is 26.3 Å². The summed E-state index contributed by atoms with van der Waals surface area (Å²) in [5.41, 5.74) is 1.20. The highest BCUT2D eigenvalue weighted by Crippen LogP contribution is 2.21. The second-order valence-electron chi connectivity index (χ2n) is 6.91. The summed E-state index contributed by atoms with van der Waals surface area (Å²) in [4.78, 5) is 14.3. The fourth-order valence-electron chi connectivity index (χ4n) is 2.51. The minimum Gasteiger partial charge on any atom is -0.382 e. The van der Waals surface area contributed by atoms with Gasteiger partial charge < -0.3 is 14.4 Å². The molecule has 0 unspecified atom stereocenters. The zero-order valence-electron chi connectivity index (χ0n) is 16.5. The predicted molar refractivity (Wildman–Crippen MR) is 112 cm³/mol. The normalized spacial score (nSPS) is 11.4. The molecule has 0 atom stereocenters. The van der Waals surface area contributed by atoms with Gasteiger partial charge in [0.1, 0.15) is 11.6 Å². The highest BCUT2D eigenvalue weighted by atomic mass is 35.5. The Morgan fingerprint density at radius 3 is 2.41 bits per heavy atom. The van der Waals surface area contributed by atoms with Gasteiger partial charge >= 0.3 is 16.1 Å². The van der Waals surface area contributed by atoms with Crippen molar-refractivity contribution in [3.05, 3.63) is 58.9 Å². The maximum atomic E-state index is 13.3. The highest BCUT2D eigenvalue weighted by molar-refractivity contribution is 7.87. The molecule has 29 heavy (non-hydrogen) atoms. The largest absolute Gasteiger partial charge is 0.382 e. The van der Waals surface area contributed by atoms with E-state index in [2.05, 4.69) is 5.32 Å². The average molecular weight is 443 g/mol. The Balaban J connectivity index is 2.11. The van der Waals surface area contributed by atoms with Crippen molar-refractivity contribution in [2.24, 2.45) is 5.92 Å². The summed E-state index contributed by atoms with van der Waals surface area (Å²) in [6.07, 6.45) is 0. The van der Waals surface area contributed by atoms with Crippen molar-refractivity contribution in [2.45, 2.75) is 27.3 Å². The van der Waals surface area contributed by atoms with E-state index in [4.69, 9.17) is 15.8 Å². The lowest BCUT2D eigenvalue weighted by molar-refractivity contribution is 0.201. The Hall–Kier alpha value is -2.32. The summed E-state index contributed by atoms with van der Waals surface area (Å²) in [7, 11) is -3.59. The van der Waals surface area contributed by atoms with Crippen LogP contribution in [0, 0.1) is 11.7 Å². The zero-order chi connectivity index (χ0) is 21.6. The van der Waals surface area contributed by atoms with Crippen LogP contribution in [-0.4, -0.2) is 31.6 Å². The smallest absolute Gasteiger partial charge is 0.322 e. The van der Waals surface area contributed by atoms with Crippen molar-refractivity contribution >= 4 is 33.4 Å². The number of halogens is 2. The van der Waals surface area contributed by atoms with Crippen molar-refractivity contribution < 1.29 is 21.8 Å². The van der Waals surface area contributed by atoms with E-state index in [1.165, 1.54) is 25.1 Å². The van der Waals surface area contributed by atoms with Gasteiger partial charge in [0.2, 0.25) is 0 Å². The van der Waals surface area contributed by atoms with Gasteiger partial charge in [0, 0.05) is 18.8 Å². The van der Waals surface area contributed by atoms with Crippen LogP contribution < -0.4 is 9.50 Å². The SMILES string of the molecule is CCS(=O)(=O)Oc1ccc(CN(CC(C)C)C(=O)Nc2ccc(F)c(Cl)c2)cc1. The molecule has 0 spiro atoms. The molecular formula is C20H24ClFN2O4S. The molecule has 158 valence electrons. The predicted octanol–water partition coefficient (Wildman–Crippen LogP) is 4.90. The minimum atomic E-state index is -3.59. The third-order valence-electron chi connectivity index (χ3n) is 3.92. The van der Waals surface area contributed by atoms with Crippen LogP contribution in [0.25, 0.3) is 0 Å². The molecule has 0 aliphatic rings. The number of hydrogen-bond acceptors (Lipinski definition) is 4. The number of benzene rings is 2. The summed E-state index contributed by atoms with van der Waals surface area (Å²) in [6, 6.07) is 10.1. The van der Waals surface area contributed by atoms with Crippen molar-refractivity contribution in [1.29, 1.82) is 0 Å². The first-order valence-corrected chi connectivity index (χ1v) is 11.1. The number of urea groups is 1. The number of hydrogen-bond donors (Lipinski definition) is 1. The number of carbonyl (C=O) groups excluding carboxylic acids is 1. The minimum absolute atomic E-state index is 0.0733. The van der Waals surface area contributed by atoms with Gasteiger partial charge in [0.15, 0.2) is 0 Å². The van der Waals surface area contributed by atoms with E-state index >= 15 is 0 Å². The summed E-state index contributed by atoms with van der Waals surface area (Å²) in [6.45, 7) is 6.27. The van der Waals surface area contributed by atoms with E-state index in [9.17, 15) is 17.6 Å². The van der Waals surface area contributed by atoms with Gasteiger partial charge in [-0.15, -0.1) is 0 Å². The molecular weight excluding hydrogens is 419 g/mol. The Morgan fingerprint density at radius 1 is 1.21 bits per heavy atom.